The second-order valence-corrected chi connectivity index (χ2v) is 4.25. The summed E-state index contributed by atoms with van der Waals surface area (Å²) in [4.78, 5) is 5.21. The molecule has 1 unspecified atom stereocenters. The van der Waals surface area contributed by atoms with Crippen molar-refractivity contribution in [3.05, 3.63) is 39.7 Å². The van der Waals surface area contributed by atoms with Gasteiger partial charge < -0.3 is 9.52 Å². The SMILES string of the molecule is Cc1nc(C(O)c2ccsc2C)co1. The van der Waals surface area contributed by atoms with Gasteiger partial charge in [-0.1, -0.05) is 0 Å². The van der Waals surface area contributed by atoms with Gasteiger partial charge in [0, 0.05) is 17.4 Å². The van der Waals surface area contributed by atoms with Crippen LogP contribution in [0.4, 0.5) is 0 Å². The minimum atomic E-state index is -0.668. The van der Waals surface area contributed by atoms with E-state index in [1.165, 1.54) is 6.26 Å². The van der Waals surface area contributed by atoms with Crippen molar-refractivity contribution >= 4 is 11.3 Å². The van der Waals surface area contributed by atoms with Crippen LogP contribution in [-0.4, -0.2) is 10.1 Å². The number of hydrogen-bond acceptors (Lipinski definition) is 4. The van der Waals surface area contributed by atoms with Gasteiger partial charge in [0.1, 0.15) is 18.1 Å². The van der Waals surface area contributed by atoms with Crippen LogP contribution in [0.15, 0.2) is 22.1 Å². The molecule has 1 atom stereocenters. The Morgan fingerprint density at radius 3 is 2.79 bits per heavy atom. The second kappa shape index (κ2) is 3.55. The van der Waals surface area contributed by atoms with Crippen LogP contribution in [0.5, 0.6) is 0 Å². The lowest BCUT2D eigenvalue weighted by atomic mass is 10.1. The third kappa shape index (κ3) is 1.58. The van der Waals surface area contributed by atoms with E-state index in [0.717, 1.165) is 10.4 Å². The Bertz CT molecular complexity index is 433. The summed E-state index contributed by atoms with van der Waals surface area (Å²) < 4.78 is 5.06. The van der Waals surface area contributed by atoms with Crippen molar-refractivity contribution in [1.29, 1.82) is 0 Å². The lowest BCUT2D eigenvalue weighted by Crippen LogP contribution is -1.99. The Morgan fingerprint density at radius 1 is 1.50 bits per heavy atom. The van der Waals surface area contributed by atoms with Crippen molar-refractivity contribution < 1.29 is 9.52 Å². The molecule has 2 rings (SSSR count). The van der Waals surface area contributed by atoms with Crippen molar-refractivity contribution in [2.45, 2.75) is 20.0 Å². The molecule has 2 aromatic rings. The summed E-state index contributed by atoms with van der Waals surface area (Å²) in [5, 5.41) is 11.9. The third-order valence-electron chi connectivity index (χ3n) is 2.11. The quantitative estimate of drug-likeness (QED) is 0.826. The van der Waals surface area contributed by atoms with E-state index in [-0.39, 0.29) is 0 Å². The predicted octanol–water partition coefficient (Wildman–Crippen LogP) is 2.43. The molecule has 1 N–H and O–H groups in total. The van der Waals surface area contributed by atoms with Crippen LogP contribution < -0.4 is 0 Å². The summed E-state index contributed by atoms with van der Waals surface area (Å²) in [6.07, 6.45) is 0.829. The van der Waals surface area contributed by atoms with Crippen LogP contribution >= 0.6 is 11.3 Å². The van der Waals surface area contributed by atoms with Crippen LogP contribution in [-0.2, 0) is 0 Å². The van der Waals surface area contributed by atoms with Gasteiger partial charge in [0.25, 0.3) is 0 Å². The van der Waals surface area contributed by atoms with Crippen LogP contribution in [0.1, 0.15) is 28.1 Å². The van der Waals surface area contributed by atoms with Gasteiger partial charge in [0.15, 0.2) is 5.89 Å². The maximum atomic E-state index is 9.96. The standard InChI is InChI=1S/C10H11NO2S/c1-6-8(3-4-14-6)10(12)9-5-13-7(2)11-9/h3-5,10,12H,1-2H3. The van der Waals surface area contributed by atoms with E-state index in [0.29, 0.717) is 11.6 Å². The first kappa shape index (κ1) is 9.43. The van der Waals surface area contributed by atoms with E-state index >= 15 is 0 Å². The zero-order chi connectivity index (χ0) is 10.1. The van der Waals surface area contributed by atoms with E-state index in [2.05, 4.69) is 4.98 Å². The molecular formula is C10H11NO2S. The van der Waals surface area contributed by atoms with Crippen molar-refractivity contribution in [3.63, 3.8) is 0 Å². The number of aliphatic hydroxyl groups excluding tert-OH is 1. The summed E-state index contributed by atoms with van der Waals surface area (Å²) in [6.45, 7) is 3.74. The topological polar surface area (TPSA) is 46.3 Å². The predicted molar refractivity (Wildman–Crippen MR) is 54.4 cm³/mol. The Labute approximate surface area is 86.0 Å². The van der Waals surface area contributed by atoms with Gasteiger partial charge in [0.05, 0.1) is 0 Å². The summed E-state index contributed by atoms with van der Waals surface area (Å²) in [5.41, 5.74) is 1.48. The zero-order valence-electron chi connectivity index (χ0n) is 8.02. The second-order valence-electron chi connectivity index (χ2n) is 3.13. The monoisotopic (exact) mass is 209 g/mol. The fourth-order valence-electron chi connectivity index (χ4n) is 1.34. The highest BCUT2D eigenvalue weighted by molar-refractivity contribution is 7.10. The number of nitrogens with zero attached hydrogens (tertiary/aromatic N) is 1. The Hall–Kier alpha value is -1.13. The van der Waals surface area contributed by atoms with Crippen LogP contribution in [0.2, 0.25) is 0 Å². The first-order valence-corrected chi connectivity index (χ1v) is 5.20. The van der Waals surface area contributed by atoms with Gasteiger partial charge in [-0.15, -0.1) is 11.3 Å². The molecule has 0 aliphatic rings. The molecule has 3 nitrogen and oxygen atoms in total. The van der Waals surface area contributed by atoms with Gasteiger partial charge in [-0.05, 0) is 18.4 Å². The maximum absolute atomic E-state index is 9.96. The summed E-state index contributed by atoms with van der Waals surface area (Å²) in [7, 11) is 0. The lowest BCUT2D eigenvalue weighted by Gasteiger charge is -2.05. The van der Waals surface area contributed by atoms with E-state index in [1.54, 1.807) is 18.3 Å². The van der Waals surface area contributed by atoms with Gasteiger partial charge in [0.2, 0.25) is 0 Å². The van der Waals surface area contributed by atoms with Gasteiger partial charge in [-0.2, -0.15) is 0 Å². The molecule has 0 aliphatic carbocycles. The molecular weight excluding hydrogens is 198 g/mol. The number of aliphatic hydroxyl groups is 1. The van der Waals surface area contributed by atoms with Gasteiger partial charge in [-0.3, -0.25) is 0 Å². The fraction of sp³-hybridized carbons (Fsp3) is 0.300. The smallest absolute Gasteiger partial charge is 0.191 e. The number of aromatic nitrogens is 1. The molecule has 0 saturated carbocycles. The molecule has 2 aromatic heterocycles. The molecule has 4 heteroatoms. The van der Waals surface area contributed by atoms with E-state index in [9.17, 15) is 5.11 Å². The molecule has 0 aromatic carbocycles. The molecule has 0 spiro atoms. The molecule has 0 amide bonds. The summed E-state index contributed by atoms with van der Waals surface area (Å²) in [5.74, 6) is 0.576. The van der Waals surface area contributed by atoms with Crippen molar-refractivity contribution in [3.8, 4) is 0 Å². The number of thiophene rings is 1. The maximum Gasteiger partial charge on any atom is 0.191 e. The van der Waals surface area contributed by atoms with Gasteiger partial charge in [-0.25, -0.2) is 4.98 Å². The highest BCUT2D eigenvalue weighted by atomic mass is 32.1. The van der Waals surface area contributed by atoms with Crippen LogP contribution in [0.25, 0.3) is 0 Å². The largest absolute Gasteiger partial charge is 0.449 e. The average molecular weight is 209 g/mol. The fourth-order valence-corrected chi connectivity index (χ4v) is 2.08. The highest BCUT2D eigenvalue weighted by Crippen LogP contribution is 2.27. The Morgan fingerprint density at radius 2 is 2.29 bits per heavy atom. The van der Waals surface area contributed by atoms with Gasteiger partial charge >= 0.3 is 0 Å². The lowest BCUT2D eigenvalue weighted by molar-refractivity contribution is 0.215. The molecule has 0 saturated heterocycles. The minimum Gasteiger partial charge on any atom is -0.449 e. The third-order valence-corrected chi connectivity index (χ3v) is 2.97. The first-order chi connectivity index (χ1) is 6.68. The van der Waals surface area contributed by atoms with Crippen LogP contribution in [0, 0.1) is 13.8 Å². The Balaban J connectivity index is 2.33. The van der Waals surface area contributed by atoms with Crippen molar-refractivity contribution in [2.24, 2.45) is 0 Å². The summed E-state index contributed by atoms with van der Waals surface area (Å²) in [6, 6.07) is 1.91. The average Bonchev–Trinajstić information content (AvgIpc) is 2.73. The Kier molecular flexibility index (Phi) is 2.39. The van der Waals surface area contributed by atoms with Crippen LogP contribution in [0.3, 0.4) is 0 Å². The van der Waals surface area contributed by atoms with Crippen molar-refractivity contribution in [1.82, 2.24) is 4.98 Å². The zero-order valence-corrected chi connectivity index (χ0v) is 8.84. The number of rotatable bonds is 2. The molecule has 0 fully saturated rings. The van der Waals surface area contributed by atoms with E-state index in [4.69, 9.17) is 4.42 Å². The number of aryl methyl sites for hydroxylation is 2. The first-order valence-electron chi connectivity index (χ1n) is 4.32. The number of oxazole rings is 1. The summed E-state index contributed by atoms with van der Waals surface area (Å²) >= 11 is 1.62. The minimum absolute atomic E-state index is 0.573. The molecule has 2 heterocycles. The molecule has 14 heavy (non-hydrogen) atoms. The van der Waals surface area contributed by atoms with Crippen molar-refractivity contribution in [2.75, 3.05) is 0 Å². The normalized spacial score (nSPS) is 13.1. The van der Waals surface area contributed by atoms with E-state index in [1.807, 2.05) is 18.4 Å². The molecule has 0 bridgehead atoms. The molecule has 0 aliphatic heterocycles. The highest BCUT2D eigenvalue weighted by Gasteiger charge is 2.16. The number of hydrogen-bond donors (Lipinski definition) is 1. The molecule has 0 radical (unpaired) electrons. The van der Waals surface area contributed by atoms with E-state index < -0.39 is 6.10 Å². The molecule has 74 valence electrons.